The molecule has 0 aromatic heterocycles. The van der Waals surface area contributed by atoms with Gasteiger partial charge in [0.25, 0.3) is 5.91 Å². The highest BCUT2D eigenvalue weighted by Crippen LogP contribution is 2.22. The van der Waals surface area contributed by atoms with Gasteiger partial charge < -0.3 is 24.6 Å². The number of ether oxygens (including phenoxy) is 3. The summed E-state index contributed by atoms with van der Waals surface area (Å²) in [5.74, 6) is -0.263. The van der Waals surface area contributed by atoms with Gasteiger partial charge in [-0.3, -0.25) is 4.79 Å². The Hall–Kier alpha value is -3.06. The van der Waals surface area contributed by atoms with Crippen LogP contribution in [0.15, 0.2) is 42.5 Å². The number of benzene rings is 2. The Kier molecular flexibility index (Phi) is 7.63. The van der Waals surface area contributed by atoms with Crippen molar-refractivity contribution in [3.63, 3.8) is 0 Å². The molecule has 0 fully saturated rings. The number of hydrogen-bond donors (Lipinski definition) is 2. The number of amides is 1. The van der Waals surface area contributed by atoms with Crippen LogP contribution in [0.3, 0.4) is 0 Å². The van der Waals surface area contributed by atoms with E-state index in [1.807, 2.05) is 0 Å². The van der Waals surface area contributed by atoms with Crippen LogP contribution in [0.5, 0.6) is 11.5 Å². The fourth-order valence-electron chi connectivity index (χ4n) is 2.33. The largest absolute Gasteiger partial charge is 0.493 e. The number of nitrogens with one attached hydrogen (secondary N) is 1. The number of rotatable bonds is 10. The van der Waals surface area contributed by atoms with Gasteiger partial charge in [-0.25, -0.2) is 4.79 Å². The maximum absolute atomic E-state index is 12.5. The summed E-state index contributed by atoms with van der Waals surface area (Å²) in [4.78, 5) is 23.1. The van der Waals surface area contributed by atoms with Crippen LogP contribution in [-0.4, -0.2) is 43.9 Å². The van der Waals surface area contributed by atoms with Crippen molar-refractivity contribution in [1.82, 2.24) is 0 Å². The van der Waals surface area contributed by atoms with E-state index in [1.54, 1.807) is 56.5 Å². The Morgan fingerprint density at radius 1 is 1.04 bits per heavy atom. The van der Waals surface area contributed by atoms with Crippen molar-refractivity contribution >= 4 is 17.6 Å². The highest BCUT2D eigenvalue weighted by atomic mass is 16.5. The van der Waals surface area contributed by atoms with E-state index in [2.05, 4.69) is 5.32 Å². The third kappa shape index (κ3) is 6.63. The lowest BCUT2D eigenvalue weighted by atomic mass is 10.1. The molecule has 0 aliphatic rings. The van der Waals surface area contributed by atoms with Crippen LogP contribution in [0.2, 0.25) is 0 Å². The third-order valence-electron chi connectivity index (χ3n) is 3.67. The second kappa shape index (κ2) is 10.2. The first kappa shape index (κ1) is 20.3. The summed E-state index contributed by atoms with van der Waals surface area (Å²) in [6.45, 7) is 2.52. The zero-order valence-corrected chi connectivity index (χ0v) is 15.4. The third-order valence-corrected chi connectivity index (χ3v) is 3.67. The van der Waals surface area contributed by atoms with Crippen molar-refractivity contribution in [3.8, 4) is 11.5 Å². The van der Waals surface area contributed by atoms with Crippen LogP contribution in [0.25, 0.3) is 0 Å². The molecule has 2 aromatic carbocycles. The van der Waals surface area contributed by atoms with Crippen molar-refractivity contribution in [2.75, 3.05) is 32.2 Å². The van der Waals surface area contributed by atoms with Crippen LogP contribution in [0.1, 0.15) is 22.3 Å². The van der Waals surface area contributed by atoms with Gasteiger partial charge in [0.1, 0.15) is 11.5 Å². The number of carboxylic acids is 1. The second-order valence-corrected chi connectivity index (χ2v) is 5.84. The highest BCUT2D eigenvalue weighted by molar-refractivity contribution is 6.04. The summed E-state index contributed by atoms with van der Waals surface area (Å²) in [6, 6.07) is 11.9. The highest BCUT2D eigenvalue weighted by Gasteiger charge is 2.10. The fourth-order valence-corrected chi connectivity index (χ4v) is 2.33. The van der Waals surface area contributed by atoms with Crippen LogP contribution < -0.4 is 14.8 Å². The molecule has 7 heteroatoms. The lowest BCUT2D eigenvalue weighted by Crippen LogP contribution is -2.13. The molecule has 0 radical (unpaired) electrons. The van der Waals surface area contributed by atoms with Crippen LogP contribution >= 0.6 is 0 Å². The van der Waals surface area contributed by atoms with Crippen molar-refractivity contribution in [3.05, 3.63) is 53.6 Å². The van der Waals surface area contributed by atoms with E-state index >= 15 is 0 Å². The van der Waals surface area contributed by atoms with Gasteiger partial charge >= 0.3 is 5.97 Å². The standard InChI is InChI=1S/C20H23NO6/c1-14-11-17(27-13-19(22)23)7-8-18(14)21-20(24)15-5-3-6-16(12-15)26-10-4-9-25-2/h3,5-8,11-12H,4,9-10,13H2,1-2H3,(H,21,24)(H,22,23). The lowest BCUT2D eigenvalue weighted by Gasteiger charge is -2.12. The minimum atomic E-state index is -1.05. The van der Waals surface area contributed by atoms with E-state index in [9.17, 15) is 9.59 Å². The second-order valence-electron chi connectivity index (χ2n) is 5.84. The maximum Gasteiger partial charge on any atom is 0.341 e. The number of anilines is 1. The van der Waals surface area contributed by atoms with Gasteiger partial charge in [-0.05, 0) is 48.9 Å². The summed E-state index contributed by atoms with van der Waals surface area (Å²) in [5.41, 5.74) is 1.86. The molecule has 0 spiro atoms. The van der Waals surface area contributed by atoms with Crippen LogP contribution in [-0.2, 0) is 9.53 Å². The molecule has 0 aliphatic carbocycles. The normalized spacial score (nSPS) is 10.3. The zero-order valence-electron chi connectivity index (χ0n) is 15.4. The Morgan fingerprint density at radius 2 is 1.81 bits per heavy atom. The Bertz CT molecular complexity index is 790. The molecule has 27 heavy (non-hydrogen) atoms. The lowest BCUT2D eigenvalue weighted by molar-refractivity contribution is -0.139. The molecular formula is C20H23NO6. The molecule has 0 unspecified atom stereocenters. The first-order chi connectivity index (χ1) is 13.0. The van der Waals surface area contributed by atoms with Crippen molar-refractivity contribution in [2.45, 2.75) is 13.3 Å². The molecule has 2 aromatic rings. The molecular weight excluding hydrogens is 350 g/mol. The molecule has 144 valence electrons. The average Bonchev–Trinajstić information content (AvgIpc) is 2.65. The van der Waals surface area contributed by atoms with E-state index in [4.69, 9.17) is 19.3 Å². The van der Waals surface area contributed by atoms with E-state index in [0.29, 0.717) is 36.0 Å². The van der Waals surface area contributed by atoms with Gasteiger partial charge in [0, 0.05) is 31.4 Å². The number of carbonyl (C=O) groups is 2. The molecule has 1 amide bonds. The maximum atomic E-state index is 12.5. The molecule has 2 rings (SSSR count). The molecule has 0 aliphatic heterocycles. The molecule has 0 bridgehead atoms. The Labute approximate surface area is 157 Å². The van der Waals surface area contributed by atoms with Gasteiger partial charge in [-0.15, -0.1) is 0 Å². The minimum Gasteiger partial charge on any atom is -0.493 e. The SMILES string of the molecule is COCCCOc1cccc(C(=O)Nc2ccc(OCC(=O)O)cc2C)c1. The minimum absolute atomic E-state index is 0.264. The van der Waals surface area contributed by atoms with Crippen LogP contribution in [0.4, 0.5) is 5.69 Å². The quantitative estimate of drug-likeness (QED) is 0.622. The number of aliphatic carboxylic acids is 1. The predicted octanol–water partition coefficient (Wildman–Crippen LogP) is 3.13. The average molecular weight is 373 g/mol. The topological polar surface area (TPSA) is 94.1 Å². The first-order valence-electron chi connectivity index (χ1n) is 8.48. The Balaban J connectivity index is 1.99. The number of hydrogen-bond acceptors (Lipinski definition) is 5. The van der Waals surface area contributed by atoms with Gasteiger partial charge in [-0.2, -0.15) is 0 Å². The summed E-state index contributed by atoms with van der Waals surface area (Å²) in [7, 11) is 1.64. The first-order valence-corrected chi connectivity index (χ1v) is 8.48. The van der Waals surface area contributed by atoms with E-state index < -0.39 is 12.6 Å². The molecule has 0 saturated heterocycles. The molecule has 0 atom stereocenters. The summed E-state index contributed by atoms with van der Waals surface area (Å²) >= 11 is 0. The Morgan fingerprint density at radius 3 is 2.52 bits per heavy atom. The van der Waals surface area contributed by atoms with E-state index in [0.717, 1.165) is 12.0 Å². The summed E-state index contributed by atoms with van der Waals surface area (Å²) in [6.07, 6.45) is 0.766. The fraction of sp³-hybridized carbons (Fsp3) is 0.300. The number of aryl methyl sites for hydroxylation is 1. The van der Waals surface area contributed by atoms with E-state index in [1.165, 1.54) is 0 Å². The van der Waals surface area contributed by atoms with E-state index in [-0.39, 0.29) is 5.91 Å². The van der Waals surface area contributed by atoms with Crippen LogP contribution in [0, 0.1) is 6.92 Å². The van der Waals surface area contributed by atoms with Gasteiger partial charge in [0.2, 0.25) is 0 Å². The van der Waals surface area contributed by atoms with Crippen molar-refractivity contribution in [2.24, 2.45) is 0 Å². The molecule has 0 heterocycles. The van der Waals surface area contributed by atoms with Gasteiger partial charge in [-0.1, -0.05) is 6.07 Å². The van der Waals surface area contributed by atoms with Crippen molar-refractivity contribution < 1.29 is 28.9 Å². The molecule has 7 nitrogen and oxygen atoms in total. The molecule has 2 N–H and O–H groups in total. The number of carbonyl (C=O) groups excluding carboxylic acids is 1. The predicted molar refractivity (Wildman–Crippen MR) is 101 cm³/mol. The zero-order chi connectivity index (χ0) is 19.6. The summed E-state index contributed by atoms with van der Waals surface area (Å²) < 4.78 is 15.7. The van der Waals surface area contributed by atoms with Gasteiger partial charge in [0.15, 0.2) is 6.61 Å². The number of carboxylic acid groups (broad SMARTS) is 1. The number of methoxy groups -OCH3 is 1. The molecule has 0 saturated carbocycles. The monoisotopic (exact) mass is 373 g/mol. The van der Waals surface area contributed by atoms with Crippen molar-refractivity contribution in [1.29, 1.82) is 0 Å². The smallest absolute Gasteiger partial charge is 0.341 e. The summed E-state index contributed by atoms with van der Waals surface area (Å²) in [5, 5.41) is 11.5. The van der Waals surface area contributed by atoms with Gasteiger partial charge in [0.05, 0.1) is 6.61 Å².